The Morgan fingerprint density at radius 2 is 1.77 bits per heavy atom. The third-order valence-corrected chi connectivity index (χ3v) is 7.82. The van der Waals surface area contributed by atoms with Crippen LogP contribution in [-0.4, -0.2) is 66.7 Å². The second-order valence-electron chi connectivity index (χ2n) is 10.2. The number of hydrogen-bond donors (Lipinski definition) is 0. The molecule has 1 aromatic rings. The van der Waals surface area contributed by atoms with Crippen LogP contribution >= 0.6 is 0 Å². The fraction of sp³-hybridized carbons (Fsp3) is 0.680. The maximum absolute atomic E-state index is 13.3. The van der Waals surface area contributed by atoms with Crippen molar-refractivity contribution in [1.82, 2.24) is 9.80 Å². The van der Waals surface area contributed by atoms with Crippen molar-refractivity contribution in [3.8, 4) is 0 Å². The molecule has 2 aliphatic carbocycles. The van der Waals surface area contributed by atoms with Gasteiger partial charge in [0.15, 0.2) is 0 Å². The largest absolute Gasteiger partial charge is 0.379 e. The van der Waals surface area contributed by atoms with Crippen molar-refractivity contribution in [2.45, 2.75) is 57.2 Å². The number of alkyl halides is 1. The molecule has 2 heterocycles. The average Bonchev–Trinajstić information content (AvgIpc) is 3.53. The van der Waals surface area contributed by atoms with Crippen LogP contribution in [0.25, 0.3) is 0 Å². The Morgan fingerprint density at radius 3 is 2.42 bits per heavy atom. The molecule has 2 aliphatic heterocycles. The van der Waals surface area contributed by atoms with Crippen LogP contribution in [0.4, 0.5) is 4.39 Å². The second kappa shape index (κ2) is 8.53. The molecule has 0 N–H and O–H groups in total. The second-order valence-corrected chi connectivity index (χ2v) is 10.2. The molecule has 2 saturated carbocycles. The van der Waals surface area contributed by atoms with Gasteiger partial charge >= 0.3 is 0 Å². The molecule has 4 fully saturated rings. The zero-order valence-corrected chi connectivity index (χ0v) is 18.2. The van der Waals surface area contributed by atoms with Crippen molar-refractivity contribution >= 4 is 11.8 Å². The lowest BCUT2D eigenvalue weighted by atomic mass is 9.75. The summed E-state index contributed by atoms with van der Waals surface area (Å²) in [6.45, 7) is 3.57. The molecule has 4 aliphatic rings. The maximum Gasteiger partial charge on any atom is 0.254 e. The van der Waals surface area contributed by atoms with E-state index in [9.17, 15) is 14.0 Å². The lowest BCUT2D eigenvalue weighted by molar-refractivity contribution is -0.142. The van der Waals surface area contributed by atoms with Gasteiger partial charge in [-0.3, -0.25) is 9.59 Å². The van der Waals surface area contributed by atoms with Gasteiger partial charge in [-0.25, -0.2) is 4.39 Å². The first-order chi connectivity index (χ1) is 15.0. The molecular formula is C25H33FN2O3. The fourth-order valence-electron chi connectivity index (χ4n) is 5.53. The van der Waals surface area contributed by atoms with Crippen LogP contribution in [0, 0.1) is 17.3 Å². The van der Waals surface area contributed by atoms with E-state index in [2.05, 4.69) is 0 Å². The van der Waals surface area contributed by atoms with Gasteiger partial charge in [-0.05, 0) is 68.4 Å². The summed E-state index contributed by atoms with van der Waals surface area (Å²) < 4.78 is 19.2. The van der Waals surface area contributed by atoms with E-state index in [0.717, 1.165) is 51.1 Å². The molecule has 5 nitrogen and oxygen atoms in total. The maximum atomic E-state index is 13.3. The number of rotatable bonds is 6. The summed E-state index contributed by atoms with van der Waals surface area (Å²) in [5, 5.41) is 0. The van der Waals surface area contributed by atoms with Crippen LogP contribution in [0.15, 0.2) is 30.3 Å². The number of halogens is 1. The Labute approximate surface area is 183 Å². The zero-order chi connectivity index (χ0) is 21.4. The van der Waals surface area contributed by atoms with Crippen molar-refractivity contribution < 1.29 is 18.7 Å². The van der Waals surface area contributed by atoms with Gasteiger partial charge in [0.25, 0.3) is 5.91 Å². The third-order valence-electron chi connectivity index (χ3n) is 7.82. The van der Waals surface area contributed by atoms with Crippen molar-refractivity contribution in [3.63, 3.8) is 0 Å². The summed E-state index contributed by atoms with van der Waals surface area (Å²) in [7, 11) is 0. The Hall–Kier alpha value is -1.95. The number of ether oxygens (including phenoxy) is 1. The highest BCUT2D eigenvalue weighted by atomic mass is 19.1. The lowest BCUT2D eigenvalue weighted by Crippen LogP contribution is -2.49. The van der Waals surface area contributed by atoms with Gasteiger partial charge in [0.2, 0.25) is 5.91 Å². The average molecular weight is 429 g/mol. The minimum Gasteiger partial charge on any atom is -0.379 e. The summed E-state index contributed by atoms with van der Waals surface area (Å²) in [6, 6.07) is 9.60. The Balaban J connectivity index is 1.24. The van der Waals surface area contributed by atoms with E-state index in [0.29, 0.717) is 25.4 Å². The summed E-state index contributed by atoms with van der Waals surface area (Å²) in [4.78, 5) is 29.9. The number of nitrogens with zero attached hydrogens (tertiary/aromatic N) is 2. The minimum atomic E-state index is -0.797. The first-order valence-electron chi connectivity index (χ1n) is 11.9. The van der Waals surface area contributed by atoms with Crippen LogP contribution in [-0.2, 0) is 9.53 Å². The molecule has 0 unspecified atom stereocenters. The lowest BCUT2D eigenvalue weighted by Gasteiger charge is -2.42. The highest BCUT2D eigenvalue weighted by Gasteiger charge is 2.48. The zero-order valence-electron chi connectivity index (χ0n) is 18.2. The molecule has 1 aromatic carbocycles. The molecule has 31 heavy (non-hydrogen) atoms. The van der Waals surface area contributed by atoms with Crippen LogP contribution in [0.3, 0.4) is 0 Å². The summed E-state index contributed by atoms with van der Waals surface area (Å²) in [6.07, 6.45) is 5.25. The van der Waals surface area contributed by atoms with Gasteiger partial charge in [-0.2, -0.15) is 0 Å². The number of likely N-dealkylation sites (tertiary alicyclic amines) is 2. The van der Waals surface area contributed by atoms with Crippen LogP contribution in [0.2, 0.25) is 0 Å². The fourth-order valence-corrected chi connectivity index (χ4v) is 5.53. The van der Waals surface area contributed by atoms with Gasteiger partial charge < -0.3 is 14.5 Å². The van der Waals surface area contributed by atoms with Gasteiger partial charge in [-0.1, -0.05) is 18.2 Å². The van der Waals surface area contributed by atoms with E-state index < -0.39 is 6.17 Å². The quantitative estimate of drug-likeness (QED) is 0.695. The van der Waals surface area contributed by atoms with Crippen molar-refractivity contribution in [2.75, 3.05) is 32.8 Å². The summed E-state index contributed by atoms with van der Waals surface area (Å²) in [5.41, 5.74) is 0.780. The number of benzene rings is 1. The van der Waals surface area contributed by atoms with Gasteiger partial charge in [0.05, 0.1) is 12.6 Å². The topological polar surface area (TPSA) is 49.9 Å². The van der Waals surface area contributed by atoms with Crippen molar-refractivity contribution in [2.24, 2.45) is 17.3 Å². The first kappa shape index (κ1) is 20.9. The Bertz CT molecular complexity index is 798. The smallest absolute Gasteiger partial charge is 0.254 e. The Kier molecular flexibility index (Phi) is 5.76. The normalized spacial score (nSPS) is 29.8. The highest BCUT2D eigenvalue weighted by molar-refractivity contribution is 5.94. The monoisotopic (exact) mass is 428 g/mol. The van der Waals surface area contributed by atoms with E-state index in [1.165, 1.54) is 12.8 Å². The van der Waals surface area contributed by atoms with Crippen molar-refractivity contribution in [3.05, 3.63) is 35.9 Å². The molecular weight excluding hydrogens is 395 g/mol. The summed E-state index contributed by atoms with van der Waals surface area (Å²) >= 11 is 0. The number of carbonyl (C=O) groups excluding carboxylic acids is 2. The molecule has 1 atom stereocenters. The minimum absolute atomic E-state index is 0.0526. The predicted molar refractivity (Wildman–Crippen MR) is 115 cm³/mol. The van der Waals surface area contributed by atoms with Crippen LogP contribution in [0.5, 0.6) is 0 Å². The SMILES string of the molecule is O=C(C1CC(F)C1)N1CCC2(CC1)C[C@@H](COCC1CC1)N(C(=O)c1ccccc1)C2. The van der Waals surface area contributed by atoms with Crippen LogP contribution < -0.4 is 0 Å². The molecule has 2 amide bonds. The van der Waals surface area contributed by atoms with Gasteiger partial charge in [0, 0.05) is 37.7 Å². The van der Waals surface area contributed by atoms with Gasteiger partial charge in [-0.15, -0.1) is 0 Å². The molecule has 5 rings (SSSR count). The number of hydrogen-bond acceptors (Lipinski definition) is 3. The number of piperidine rings is 1. The molecule has 2 saturated heterocycles. The molecule has 0 radical (unpaired) electrons. The van der Waals surface area contributed by atoms with Crippen molar-refractivity contribution in [1.29, 1.82) is 0 Å². The molecule has 1 spiro atoms. The highest BCUT2D eigenvalue weighted by Crippen LogP contribution is 2.45. The molecule has 0 bridgehead atoms. The van der Waals surface area contributed by atoms with E-state index in [1.807, 2.05) is 40.1 Å². The molecule has 0 aromatic heterocycles. The van der Waals surface area contributed by atoms with E-state index in [4.69, 9.17) is 4.74 Å². The van der Waals surface area contributed by atoms with Crippen LogP contribution in [0.1, 0.15) is 55.3 Å². The predicted octanol–water partition coefficient (Wildman–Crippen LogP) is 3.68. The first-order valence-corrected chi connectivity index (χ1v) is 11.9. The van der Waals surface area contributed by atoms with E-state index >= 15 is 0 Å². The number of amides is 2. The molecule has 168 valence electrons. The Morgan fingerprint density at radius 1 is 1.06 bits per heavy atom. The number of carbonyl (C=O) groups is 2. The summed E-state index contributed by atoms with van der Waals surface area (Å²) in [5.74, 6) is 0.799. The standard InChI is InChI=1S/C25H33FN2O3/c26-21-12-20(13-21)23(29)27-10-8-25(9-11-27)14-22(16-31-15-18-6-7-18)28(17-25)24(30)19-4-2-1-3-5-19/h1-5,18,20-22H,6-17H2/t20?,21?,22-/m0/s1. The molecule has 6 heteroatoms. The third kappa shape index (κ3) is 4.50. The van der Waals surface area contributed by atoms with E-state index in [1.54, 1.807) is 0 Å². The van der Waals surface area contributed by atoms with Gasteiger partial charge in [0.1, 0.15) is 6.17 Å². The van der Waals surface area contributed by atoms with E-state index in [-0.39, 0.29) is 29.2 Å².